The van der Waals surface area contributed by atoms with Crippen LogP contribution in [0.4, 0.5) is 4.79 Å². The second kappa shape index (κ2) is 27.4. The molecule has 0 saturated carbocycles. The van der Waals surface area contributed by atoms with Crippen LogP contribution in [-0.2, 0) is 24.0 Å². The Balaban J connectivity index is 2.71. The second-order valence-electron chi connectivity index (χ2n) is 15.3. The molecule has 1 aliphatic heterocycles. The Morgan fingerprint density at radius 2 is 1.12 bits per heavy atom. The summed E-state index contributed by atoms with van der Waals surface area (Å²) in [6, 6.07) is -1.13. The van der Waals surface area contributed by atoms with Gasteiger partial charge in [-0.2, -0.15) is 0 Å². The number of hydrogen-bond donors (Lipinski definition) is 3. The number of nitrogens with one attached hydrogen (secondary N) is 1. The van der Waals surface area contributed by atoms with Crippen LogP contribution in [-0.4, -0.2) is 87.5 Å². The number of imide groups is 1. The van der Waals surface area contributed by atoms with Crippen molar-refractivity contribution in [3.05, 3.63) is 0 Å². The molecule has 3 N–H and O–H groups in total. The molecule has 1 fully saturated rings. The molecule has 0 aromatic heterocycles. The van der Waals surface area contributed by atoms with Crippen molar-refractivity contribution in [1.82, 2.24) is 15.3 Å². The lowest BCUT2D eigenvalue weighted by Gasteiger charge is -2.28. The third-order valence-electron chi connectivity index (χ3n) is 9.10. The largest absolute Gasteiger partial charge is 0.444 e. The molecule has 3 atom stereocenters. The van der Waals surface area contributed by atoms with Gasteiger partial charge in [0.25, 0.3) is 11.8 Å². The summed E-state index contributed by atoms with van der Waals surface area (Å²) < 4.78 is 5.33. The number of aliphatic hydroxyl groups is 2. The van der Waals surface area contributed by atoms with Gasteiger partial charge in [0.1, 0.15) is 11.6 Å². The number of carbonyl (C=O) groups excluding carboxylic acids is 4. The van der Waals surface area contributed by atoms with Gasteiger partial charge >= 0.3 is 12.1 Å². The maximum Gasteiger partial charge on any atom is 0.408 e. The minimum atomic E-state index is -1.13. The Bertz CT molecular complexity index is 897. The van der Waals surface area contributed by atoms with Crippen LogP contribution in [0.1, 0.15) is 182 Å². The molecule has 0 unspecified atom stereocenters. The maximum absolute atomic E-state index is 13.0. The van der Waals surface area contributed by atoms with Crippen LogP contribution in [0.5, 0.6) is 0 Å². The molecule has 1 rings (SSSR count). The van der Waals surface area contributed by atoms with E-state index in [1.807, 2.05) is 0 Å². The van der Waals surface area contributed by atoms with E-state index in [9.17, 15) is 29.4 Å². The number of unbranched alkanes of at least 4 members (excludes halogenated alkanes) is 15. The number of hydroxylamine groups is 2. The third-order valence-corrected chi connectivity index (χ3v) is 9.10. The molecule has 0 spiro atoms. The number of ether oxygens (including phenoxy) is 1. The Morgan fingerprint density at radius 3 is 1.56 bits per heavy atom. The van der Waals surface area contributed by atoms with Crippen molar-refractivity contribution in [3.63, 3.8) is 0 Å². The maximum atomic E-state index is 13.0. The average Bonchev–Trinajstić information content (AvgIpc) is 3.36. The predicted octanol–water partition coefficient (Wildman–Crippen LogP) is 7.74. The average molecular weight is 712 g/mol. The van der Waals surface area contributed by atoms with Crippen molar-refractivity contribution in [2.75, 3.05) is 19.6 Å². The van der Waals surface area contributed by atoms with E-state index in [0.717, 1.165) is 38.5 Å². The highest BCUT2D eigenvalue weighted by molar-refractivity contribution is 6.01. The third kappa shape index (κ3) is 23.3. The summed E-state index contributed by atoms with van der Waals surface area (Å²) in [5.74, 6) is -2.09. The lowest BCUT2D eigenvalue weighted by Crippen LogP contribution is -2.47. The van der Waals surface area contributed by atoms with Gasteiger partial charge in [-0.3, -0.25) is 14.5 Å². The van der Waals surface area contributed by atoms with Gasteiger partial charge in [0.05, 0.1) is 12.2 Å². The molecule has 0 aromatic rings. The summed E-state index contributed by atoms with van der Waals surface area (Å²) in [4.78, 5) is 56.8. The van der Waals surface area contributed by atoms with Gasteiger partial charge in [0.15, 0.2) is 0 Å². The fraction of sp³-hybridized carbons (Fsp3) is 0.897. The van der Waals surface area contributed by atoms with E-state index in [-0.39, 0.29) is 19.3 Å². The summed E-state index contributed by atoms with van der Waals surface area (Å²) in [6.07, 6.45) is 20.3. The number of alkyl carbamates (subject to hydrolysis) is 1. The lowest BCUT2D eigenvalue weighted by atomic mass is 10.0. The molecule has 0 aliphatic carbocycles. The van der Waals surface area contributed by atoms with Crippen molar-refractivity contribution in [3.8, 4) is 0 Å². The van der Waals surface area contributed by atoms with Gasteiger partial charge in [0, 0.05) is 25.9 Å². The molecule has 0 bridgehead atoms. The summed E-state index contributed by atoms with van der Waals surface area (Å²) in [5.41, 5.74) is -0.787. The van der Waals surface area contributed by atoms with E-state index in [4.69, 9.17) is 9.57 Å². The Labute approximate surface area is 303 Å². The highest BCUT2D eigenvalue weighted by Gasteiger charge is 2.35. The van der Waals surface area contributed by atoms with E-state index < -0.39 is 47.7 Å². The highest BCUT2D eigenvalue weighted by Crippen LogP contribution is 2.17. The molecule has 0 aromatic carbocycles. The van der Waals surface area contributed by atoms with Crippen molar-refractivity contribution in [1.29, 1.82) is 0 Å². The molecule has 3 amide bonds. The van der Waals surface area contributed by atoms with Gasteiger partial charge in [-0.15, -0.1) is 5.06 Å². The molecular weight excluding hydrogens is 638 g/mol. The van der Waals surface area contributed by atoms with Gasteiger partial charge in [-0.05, 0) is 59.4 Å². The second-order valence-corrected chi connectivity index (χ2v) is 15.3. The van der Waals surface area contributed by atoms with Crippen molar-refractivity contribution in [2.45, 2.75) is 206 Å². The van der Waals surface area contributed by atoms with Crippen molar-refractivity contribution < 1.29 is 39.0 Å². The SMILES string of the molecule is CCCCCCCCCC[C@H](O)CN(CCCC[C@H](NC(=O)OC(C)(C)C)C(=O)ON1C(=O)CCC1=O)C[C@@H](O)CCCCCCCCCC. The molecule has 1 aliphatic rings. The Kier molecular flexibility index (Phi) is 25.1. The fourth-order valence-corrected chi connectivity index (χ4v) is 6.26. The van der Waals surface area contributed by atoms with Crippen LogP contribution < -0.4 is 5.32 Å². The quantitative estimate of drug-likeness (QED) is 0.0503. The number of rotatable bonds is 30. The molecule has 1 heterocycles. The van der Waals surface area contributed by atoms with E-state index >= 15 is 0 Å². The first kappa shape index (κ1) is 45.8. The van der Waals surface area contributed by atoms with Crippen LogP contribution in [0.3, 0.4) is 0 Å². The lowest BCUT2D eigenvalue weighted by molar-refractivity contribution is -0.199. The van der Waals surface area contributed by atoms with Gasteiger partial charge in [-0.1, -0.05) is 117 Å². The first-order valence-corrected chi connectivity index (χ1v) is 20.0. The number of hydrogen-bond acceptors (Lipinski definition) is 9. The van der Waals surface area contributed by atoms with Crippen LogP contribution >= 0.6 is 0 Å². The summed E-state index contributed by atoms with van der Waals surface area (Å²) in [6.45, 7) is 11.1. The zero-order chi connectivity index (χ0) is 37.2. The molecule has 1 saturated heterocycles. The van der Waals surface area contributed by atoms with Crippen LogP contribution in [0, 0.1) is 0 Å². The summed E-state index contributed by atoms with van der Waals surface area (Å²) in [7, 11) is 0. The molecule has 11 nitrogen and oxygen atoms in total. The van der Waals surface area contributed by atoms with Crippen LogP contribution in [0.2, 0.25) is 0 Å². The number of amides is 3. The van der Waals surface area contributed by atoms with Gasteiger partial charge < -0.3 is 25.1 Å². The van der Waals surface area contributed by atoms with E-state index in [2.05, 4.69) is 24.1 Å². The van der Waals surface area contributed by atoms with Gasteiger partial charge in [-0.25, -0.2) is 9.59 Å². The van der Waals surface area contributed by atoms with Crippen molar-refractivity contribution in [2.24, 2.45) is 0 Å². The standard InChI is InChI=1S/C39H73N3O8/c1-6-8-10-12-14-16-18-20-24-32(43)30-41(31-33(44)25-21-19-17-15-13-11-9-7-2)29-23-22-26-34(40-38(48)49-39(3,4)5)37(47)50-42-35(45)27-28-36(42)46/h32-34,43-44H,6-31H2,1-5H3,(H,40,48)/t32-,33-,34-/m0/s1. The first-order chi connectivity index (χ1) is 23.9. The molecule has 0 radical (unpaired) electrons. The van der Waals surface area contributed by atoms with E-state index in [1.165, 1.54) is 77.0 Å². The minimum absolute atomic E-state index is 0.0259. The minimum Gasteiger partial charge on any atom is -0.444 e. The molecule has 11 heteroatoms. The topological polar surface area (TPSA) is 146 Å². The highest BCUT2D eigenvalue weighted by atomic mass is 16.7. The zero-order valence-corrected chi connectivity index (χ0v) is 32.4. The monoisotopic (exact) mass is 712 g/mol. The zero-order valence-electron chi connectivity index (χ0n) is 32.4. The Hall–Kier alpha value is -2.24. The molecule has 292 valence electrons. The van der Waals surface area contributed by atoms with E-state index in [0.29, 0.717) is 37.5 Å². The van der Waals surface area contributed by atoms with Crippen LogP contribution in [0.25, 0.3) is 0 Å². The molecular formula is C39H73N3O8. The number of carbonyl (C=O) groups is 4. The van der Waals surface area contributed by atoms with E-state index in [1.54, 1.807) is 20.8 Å². The molecule has 50 heavy (non-hydrogen) atoms. The number of nitrogens with zero attached hydrogens (tertiary/aromatic N) is 2. The summed E-state index contributed by atoms with van der Waals surface area (Å²) in [5, 5.41) is 24.9. The smallest absolute Gasteiger partial charge is 0.408 e. The Morgan fingerprint density at radius 1 is 0.700 bits per heavy atom. The van der Waals surface area contributed by atoms with Crippen LogP contribution in [0.15, 0.2) is 0 Å². The fourth-order valence-electron chi connectivity index (χ4n) is 6.26. The first-order valence-electron chi connectivity index (χ1n) is 20.0. The van der Waals surface area contributed by atoms with Crippen molar-refractivity contribution >= 4 is 23.9 Å². The number of aliphatic hydroxyl groups excluding tert-OH is 2. The van der Waals surface area contributed by atoms with Gasteiger partial charge in [0.2, 0.25) is 0 Å². The normalized spacial score (nSPS) is 15.4. The summed E-state index contributed by atoms with van der Waals surface area (Å²) >= 11 is 0. The predicted molar refractivity (Wildman–Crippen MR) is 197 cm³/mol.